The van der Waals surface area contributed by atoms with E-state index in [1.54, 1.807) is 0 Å². The summed E-state index contributed by atoms with van der Waals surface area (Å²) < 4.78 is 9.56. The Bertz CT molecular complexity index is 160. The van der Waals surface area contributed by atoms with Crippen molar-refractivity contribution in [1.29, 1.82) is 0 Å². The molecule has 0 heterocycles. The van der Waals surface area contributed by atoms with Gasteiger partial charge in [0.25, 0.3) is 0 Å². The lowest BCUT2D eigenvalue weighted by Crippen LogP contribution is -2.22. The minimum atomic E-state index is -0.713. The Hall–Kier alpha value is -1.06. The molecule has 0 saturated heterocycles. The molecular weight excluding hydrogens is 172 g/mol. The summed E-state index contributed by atoms with van der Waals surface area (Å²) in [6.45, 7) is 4.60. The quantitative estimate of drug-likeness (QED) is 0.486. The molecule has 0 saturated carbocycles. The van der Waals surface area contributed by atoms with Gasteiger partial charge in [0.15, 0.2) is 0 Å². The van der Waals surface area contributed by atoms with Gasteiger partial charge in [0.05, 0.1) is 0 Å². The van der Waals surface area contributed by atoms with E-state index in [4.69, 9.17) is 9.47 Å². The second kappa shape index (κ2) is 6.46. The summed E-state index contributed by atoms with van der Waals surface area (Å²) >= 11 is 0. The zero-order valence-electron chi connectivity index (χ0n) is 8.33. The van der Waals surface area contributed by atoms with Crippen molar-refractivity contribution < 1.29 is 19.1 Å². The molecule has 4 nitrogen and oxygen atoms in total. The Morgan fingerprint density at radius 3 is 1.92 bits per heavy atom. The van der Waals surface area contributed by atoms with Gasteiger partial charge in [0, 0.05) is 20.3 Å². The first-order chi connectivity index (χ1) is 6.06. The smallest absolute Gasteiger partial charge is 0.305 e. The maximum atomic E-state index is 10.6. The minimum absolute atomic E-state index is 0.428. The van der Waals surface area contributed by atoms with Crippen LogP contribution in [0.3, 0.4) is 0 Å². The number of ether oxygens (including phenoxy) is 2. The SMILES string of the molecule is CCCCC(OC(C)=O)OC(C)=O. The molecule has 0 unspecified atom stereocenters. The van der Waals surface area contributed by atoms with E-state index in [-0.39, 0.29) is 0 Å². The fraction of sp³-hybridized carbons (Fsp3) is 0.778. The molecule has 0 bridgehead atoms. The average molecular weight is 188 g/mol. The lowest BCUT2D eigenvalue weighted by Gasteiger charge is -2.15. The molecule has 13 heavy (non-hydrogen) atoms. The Morgan fingerprint density at radius 2 is 1.62 bits per heavy atom. The van der Waals surface area contributed by atoms with Crippen LogP contribution in [-0.2, 0) is 19.1 Å². The van der Waals surface area contributed by atoms with Crippen molar-refractivity contribution in [3.05, 3.63) is 0 Å². The van der Waals surface area contributed by atoms with Gasteiger partial charge in [-0.05, 0) is 6.42 Å². The van der Waals surface area contributed by atoms with Gasteiger partial charge < -0.3 is 9.47 Å². The van der Waals surface area contributed by atoms with Gasteiger partial charge in [-0.2, -0.15) is 0 Å². The van der Waals surface area contributed by atoms with Crippen molar-refractivity contribution in [2.24, 2.45) is 0 Å². The molecule has 0 aromatic rings. The van der Waals surface area contributed by atoms with Crippen molar-refractivity contribution in [2.45, 2.75) is 46.3 Å². The molecular formula is C9H16O4. The number of esters is 2. The molecule has 0 amide bonds. The van der Waals surface area contributed by atoms with E-state index in [1.165, 1.54) is 13.8 Å². The third-order valence-electron chi connectivity index (χ3n) is 1.39. The number of carbonyl (C=O) groups is 2. The highest BCUT2D eigenvalue weighted by molar-refractivity contribution is 5.68. The van der Waals surface area contributed by atoms with E-state index in [1.807, 2.05) is 6.92 Å². The van der Waals surface area contributed by atoms with Gasteiger partial charge >= 0.3 is 11.9 Å². The molecule has 0 radical (unpaired) electrons. The molecule has 0 spiro atoms. The number of rotatable bonds is 5. The van der Waals surface area contributed by atoms with Gasteiger partial charge in [-0.25, -0.2) is 0 Å². The second-order valence-corrected chi connectivity index (χ2v) is 2.79. The van der Waals surface area contributed by atoms with Gasteiger partial charge in [0.1, 0.15) is 0 Å². The summed E-state index contributed by atoms with van der Waals surface area (Å²) in [6, 6.07) is 0. The van der Waals surface area contributed by atoms with Crippen LogP contribution < -0.4 is 0 Å². The Labute approximate surface area is 78.2 Å². The third kappa shape index (κ3) is 7.31. The first-order valence-corrected chi connectivity index (χ1v) is 4.40. The number of carbonyl (C=O) groups excluding carboxylic acids is 2. The Kier molecular flexibility index (Phi) is 5.93. The number of hydrogen-bond acceptors (Lipinski definition) is 4. The van der Waals surface area contributed by atoms with Crippen LogP contribution in [0.5, 0.6) is 0 Å². The lowest BCUT2D eigenvalue weighted by molar-refractivity contribution is -0.185. The van der Waals surface area contributed by atoms with E-state index in [2.05, 4.69) is 0 Å². The predicted molar refractivity (Wildman–Crippen MR) is 46.8 cm³/mol. The van der Waals surface area contributed by atoms with Gasteiger partial charge in [-0.3, -0.25) is 9.59 Å². The lowest BCUT2D eigenvalue weighted by atomic mass is 10.2. The van der Waals surface area contributed by atoms with Gasteiger partial charge in [-0.15, -0.1) is 0 Å². The topological polar surface area (TPSA) is 52.6 Å². The summed E-state index contributed by atoms with van der Waals surface area (Å²) in [5.74, 6) is -0.857. The van der Waals surface area contributed by atoms with E-state index in [0.29, 0.717) is 6.42 Å². The number of unbranched alkanes of at least 4 members (excludes halogenated alkanes) is 1. The molecule has 0 atom stereocenters. The molecule has 0 aromatic carbocycles. The Balaban J connectivity index is 3.87. The van der Waals surface area contributed by atoms with Crippen molar-refractivity contribution in [1.82, 2.24) is 0 Å². The summed E-state index contributed by atoms with van der Waals surface area (Å²) in [4.78, 5) is 21.2. The monoisotopic (exact) mass is 188 g/mol. The zero-order valence-corrected chi connectivity index (χ0v) is 8.33. The molecule has 0 aliphatic rings. The van der Waals surface area contributed by atoms with Crippen LogP contribution in [0, 0.1) is 0 Å². The van der Waals surface area contributed by atoms with Crippen LogP contribution in [0.15, 0.2) is 0 Å². The summed E-state index contributed by atoms with van der Waals surface area (Å²) in [7, 11) is 0. The van der Waals surface area contributed by atoms with E-state index in [9.17, 15) is 9.59 Å². The maximum Gasteiger partial charge on any atom is 0.305 e. The van der Waals surface area contributed by atoms with Crippen LogP contribution in [0.4, 0.5) is 0 Å². The van der Waals surface area contributed by atoms with Crippen molar-refractivity contribution in [3.63, 3.8) is 0 Å². The number of hydrogen-bond donors (Lipinski definition) is 0. The standard InChI is InChI=1S/C9H16O4/c1-4-5-6-9(12-7(2)10)13-8(3)11/h9H,4-6H2,1-3H3. The molecule has 0 rings (SSSR count). The summed E-state index contributed by atoms with van der Waals surface area (Å²) in [6.07, 6.45) is 1.69. The van der Waals surface area contributed by atoms with E-state index < -0.39 is 18.2 Å². The van der Waals surface area contributed by atoms with Crippen molar-refractivity contribution >= 4 is 11.9 Å². The molecule has 4 heteroatoms. The predicted octanol–water partition coefficient (Wildman–Crippen LogP) is 1.63. The zero-order chi connectivity index (χ0) is 10.3. The molecule has 0 fully saturated rings. The summed E-state index contributed by atoms with van der Waals surface area (Å²) in [5, 5.41) is 0. The molecule has 0 aliphatic heterocycles. The molecule has 76 valence electrons. The minimum Gasteiger partial charge on any atom is -0.425 e. The van der Waals surface area contributed by atoms with Crippen molar-refractivity contribution in [2.75, 3.05) is 0 Å². The van der Waals surface area contributed by atoms with Crippen LogP contribution in [0.25, 0.3) is 0 Å². The maximum absolute atomic E-state index is 10.6. The summed E-state index contributed by atoms with van der Waals surface area (Å²) in [5.41, 5.74) is 0. The van der Waals surface area contributed by atoms with Crippen LogP contribution in [-0.4, -0.2) is 18.2 Å². The molecule has 0 aliphatic carbocycles. The average Bonchev–Trinajstić information content (AvgIpc) is 1.98. The largest absolute Gasteiger partial charge is 0.425 e. The van der Waals surface area contributed by atoms with Gasteiger partial charge in [-0.1, -0.05) is 13.3 Å². The Morgan fingerprint density at radius 1 is 1.15 bits per heavy atom. The van der Waals surface area contributed by atoms with Crippen LogP contribution in [0.1, 0.15) is 40.0 Å². The second-order valence-electron chi connectivity index (χ2n) is 2.79. The fourth-order valence-electron chi connectivity index (χ4n) is 0.883. The highest BCUT2D eigenvalue weighted by Gasteiger charge is 2.13. The first kappa shape index (κ1) is 11.9. The highest BCUT2D eigenvalue weighted by atomic mass is 16.7. The fourth-order valence-corrected chi connectivity index (χ4v) is 0.883. The van der Waals surface area contributed by atoms with E-state index in [0.717, 1.165) is 12.8 Å². The molecule has 0 N–H and O–H groups in total. The van der Waals surface area contributed by atoms with Gasteiger partial charge in [0.2, 0.25) is 6.29 Å². The first-order valence-electron chi connectivity index (χ1n) is 4.40. The van der Waals surface area contributed by atoms with Crippen LogP contribution >= 0.6 is 0 Å². The molecule has 0 aromatic heterocycles. The normalized spacial score (nSPS) is 9.85. The van der Waals surface area contributed by atoms with E-state index >= 15 is 0 Å². The van der Waals surface area contributed by atoms with Crippen LogP contribution in [0.2, 0.25) is 0 Å². The van der Waals surface area contributed by atoms with Crippen molar-refractivity contribution in [3.8, 4) is 0 Å². The highest BCUT2D eigenvalue weighted by Crippen LogP contribution is 2.07. The third-order valence-corrected chi connectivity index (χ3v) is 1.39.